The Hall–Kier alpha value is -4.50. The first kappa shape index (κ1) is 23.3. The molecule has 0 spiro atoms. The average Bonchev–Trinajstić information content (AvgIpc) is 2.89. The monoisotopic (exact) mass is 497 g/mol. The Balaban J connectivity index is 1.61. The van der Waals surface area contributed by atoms with Gasteiger partial charge in [0.1, 0.15) is 5.41 Å². The number of nitrogens with zero attached hydrogens (tertiary/aromatic N) is 2. The van der Waals surface area contributed by atoms with Crippen molar-refractivity contribution in [3.05, 3.63) is 120 Å². The van der Waals surface area contributed by atoms with E-state index < -0.39 is 21.3 Å². The average molecular weight is 498 g/mol. The van der Waals surface area contributed by atoms with Gasteiger partial charge in [0.25, 0.3) is 10.0 Å². The number of rotatable bonds is 6. The van der Waals surface area contributed by atoms with E-state index in [4.69, 9.17) is 5.73 Å². The van der Waals surface area contributed by atoms with Gasteiger partial charge in [0, 0.05) is 23.8 Å². The van der Waals surface area contributed by atoms with Gasteiger partial charge in [-0.3, -0.25) is 4.79 Å². The number of nitrogens with one attached hydrogen (secondary N) is 2. The summed E-state index contributed by atoms with van der Waals surface area (Å²) in [6.45, 7) is 2.00. The lowest BCUT2D eigenvalue weighted by Gasteiger charge is -2.36. The molecule has 36 heavy (non-hydrogen) atoms. The highest BCUT2D eigenvalue weighted by atomic mass is 32.2. The molecule has 0 fully saturated rings. The van der Waals surface area contributed by atoms with Crippen molar-refractivity contribution in [2.45, 2.75) is 17.2 Å². The molecular weight excluding hydrogens is 474 g/mol. The molecule has 4 aromatic rings. The van der Waals surface area contributed by atoms with E-state index in [1.807, 2.05) is 61.5 Å². The number of aryl methyl sites for hydroxylation is 1. The molecule has 0 aliphatic carbocycles. The Labute approximate surface area is 209 Å². The standard InChI is InChI=1S/C27H23N5O3S/c1-18-7-9-19(10-8-18)24-17-27(25(28)33,22-5-2-3-6-23(22)31-24)20-11-13-21(14-12-20)36(34,35)32-26-29-15-4-16-30-26/h2-17,31H,1H3,(H2,28,33)(H,29,30,32). The summed E-state index contributed by atoms with van der Waals surface area (Å²) in [5, 5.41) is 3.41. The summed E-state index contributed by atoms with van der Waals surface area (Å²) in [5.41, 5.74) is 9.47. The molecule has 1 aromatic heterocycles. The predicted molar refractivity (Wildman–Crippen MR) is 138 cm³/mol. The number of carbonyl (C=O) groups excluding carboxylic acids is 1. The van der Waals surface area contributed by atoms with Crippen LogP contribution in [0.25, 0.3) is 5.70 Å². The quantitative estimate of drug-likeness (QED) is 0.372. The minimum atomic E-state index is -3.94. The highest BCUT2D eigenvalue weighted by molar-refractivity contribution is 7.92. The predicted octanol–water partition coefficient (Wildman–Crippen LogP) is 3.82. The third-order valence-electron chi connectivity index (χ3n) is 6.14. The Kier molecular flexibility index (Phi) is 5.77. The maximum absolute atomic E-state index is 13.2. The number of primary amides is 1. The molecule has 0 bridgehead atoms. The summed E-state index contributed by atoms with van der Waals surface area (Å²) < 4.78 is 28.1. The van der Waals surface area contributed by atoms with Gasteiger partial charge in [0.15, 0.2) is 0 Å². The number of carbonyl (C=O) groups is 1. The molecule has 1 amide bonds. The Morgan fingerprint density at radius 1 is 0.917 bits per heavy atom. The lowest BCUT2D eigenvalue weighted by molar-refractivity contribution is -0.120. The molecule has 8 nitrogen and oxygen atoms in total. The molecular formula is C27H23N5O3S. The Morgan fingerprint density at radius 3 is 2.25 bits per heavy atom. The van der Waals surface area contributed by atoms with E-state index in [1.165, 1.54) is 24.5 Å². The van der Waals surface area contributed by atoms with Gasteiger partial charge in [0.2, 0.25) is 11.9 Å². The van der Waals surface area contributed by atoms with Crippen LogP contribution in [0.4, 0.5) is 11.6 Å². The van der Waals surface area contributed by atoms with E-state index in [9.17, 15) is 13.2 Å². The van der Waals surface area contributed by atoms with Crippen molar-refractivity contribution in [1.29, 1.82) is 0 Å². The largest absolute Gasteiger partial charge is 0.368 e. The number of sulfonamides is 1. The number of fused-ring (bicyclic) bond motifs is 1. The molecule has 5 rings (SSSR count). The summed E-state index contributed by atoms with van der Waals surface area (Å²) in [6, 6.07) is 23.1. The van der Waals surface area contributed by atoms with Gasteiger partial charge in [-0.15, -0.1) is 0 Å². The highest BCUT2D eigenvalue weighted by Crippen LogP contribution is 2.44. The van der Waals surface area contributed by atoms with Gasteiger partial charge in [0.05, 0.1) is 4.90 Å². The van der Waals surface area contributed by atoms with Crippen LogP contribution in [0, 0.1) is 6.92 Å². The van der Waals surface area contributed by atoms with Gasteiger partial charge >= 0.3 is 0 Å². The molecule has 1 unspecified atom stereocenters. The van der Waals surface area contributed by atoms with E-state index in [0.717, 1.165) is 22.5 Å². The molecule has 1 aliphatic rings. The number of anilines is 2. The first-order valence-corrected chi connectivity index (χ1v) is 12.6. The second-order valence-electron chi connectivity index (χ2n) is 8.47. The molecule has 1 atom stereocenters. The lowest BCUT2D eigenvalue weighted by Crippen LogP contribution is -2.43. The van der Waals surface area contributed by atoms with Crippen LogP contribution in [0.15, 0.2) is 102 Å². The Bertz CT molecular complexity index is 1570. The van der Waals surface area contributed by atoms with Crippen LogP contribution in [0.3, 0.4) is 0 Å². The van der Waals surface area contributed by atoms with Gasteiger partial charge in [-0.05, 0) is 54.0 Å². The second-order valence-corrected chi connectivity index (χ2v) is 10.2. The normalized spacial score (nSPS) is 16.9. The molecule has 0 saturated heterocycles. The summed E-state index contributed by atoms with van der Waals surface area (Å²) in [4.78, 5) is 21.0. The van der Waals surface area contributed by atoms with Crippen LogP contribution in [0.2, 0.25) is 0 Å². The maximum Gasteiger partial charge on any atom is 0.264 e. The number of nitrogens with two attached hydrogens (primary N) is 1. The maximum atomic E-state index is 13.2. The van der Waals surface area contributed by atoms with E-state index in [0.29, 0.717) is 11.1 Å². The number of hydrogen-bond acceptors (Lipinski definition) is 6. The number of amides is 1. The fraction of sp³-hybridized carbons (Fsp3) is 0.0741. The van der Waals surface area contributed by atoms with Gasteiger partial charge in [-0.2, -0.15) is 0 Å². The lowest BCUT2D eigenvalue weighted by atomic mass is 9.70. The minimum Gasteiger partial charge on any atom is -0.368 e. The zero-order valence-corrected chi connectivity index (χ0v) is 20.2. The SMILES string of the molecule is Cc1ccc(C2=CC(C(N)=O)(c3ccc(S(=O)(=O)Nc4ncccn4)cc3)c3ccccc3N2)cc1. The topological polar surface area (TPSA) is 127 Å². The fourth-order valence-corrected chi connectivity index (χ4v) is 5.27. The van der Waals surface area contributed by atoms with Gasteiger partial charge in [-0.25, -0.2) is 23.1 Å². The number of benzene rings is 3. The molecule has 2 heterocycles. The van der Waals surface area contributed by atoms with Crippen molar-refractivity contribution in [3.63, 3.8) is 0 Å². The highest BCUT2D eigenvalue weighted by Gasteiger charge is 2.43. The summed E-state index contributed by atoms with van der Waals surface area (Å²) in [5.74, 6) is -0.611. The molecule has 9 heteroatoms. The second kappa shape index (κ2) is 8.94. The van der Waals surface area contributed by atoms with Crippen LogP contribution in [0.5, 0.6) is 0 Å². The van der Waals surface area contributed by atoms with Crippen molar-refractivity contribution in [2.24, 2.45) is 5.73 Å². The van der Waals surface area contributed by atoms with Crippen molar-refractivity contribution in [3.8, 4) is 0 Å². The summed E-state index contributed by atoms with van der Waals surface area (Å²) >= 11 is 0. The van der Waals surface area contributed by atoms with E-state index >= 15 is 0 Å². The zero-order valence-electron chi connectivity index (χ0n) is 19.3. The van der Waals surface area contributed by atoms with Crippen molar-refractivity contribution in [1.82, 2.24) is 9.97 Å². The molecule has 1 aliphatic heterocycles. The first-order chi connectivity index (χ1) is 17.3. The molecule has 0 radical (unpaired) electrons. The van der Waals surface area contributed by atoms with Crippen LogP contribution in [-0.4, -0.2) is 24.3 Å². The number of aromatic nitrogens is 2. The summed E-state index contributed by atoms with van der Waals surface area (Å²) in [7, 11) is -3.94. The molecule has 180 valence electrons. The zero-order chi connectivity index (χ0) is 25.3. The molecule has 0 saturated carbocycles. The van der Waals surface area contributed by atoms with Crippen LogP contribution < -0.4 is 15.8 Å². The smallest absolute Gasteiger partial charge is 0.264 e. The minimum absolute atomic E-state index is 0.00304. The molecule has 4 N–H and O–H groups in total. The fourth-order valence-electron chi connectivity index (χ4n) is 4.31. The summed E-state index contributed by atoms with van der Waals surface area (Å²) in [6.07, 6.45) is 4.69. The van der Waals surface area contributed by atoms with Crippen LogP contribution in [-0.2, 0) is 20.2 Å². The van der Waals surface area contributed by atoms with Crippen LogP contribution >= 0.6 is 0 Å². The van der Waals surface area contributed by atoms with E-state index in [1.54, 1.807) is 18.2 Å². The van der Waals surface area contributed by atoms with Crippen molar-refractivity contribution >= 4 is 33.3 Å². The van der Waals surface area contributed by atoms with Gasteiger partial charge < -0.3 is 11.1 Å². The third-order valence-corrected chi connectivity index (χ3v) is 7.49. The molecule has 3 aromatic carbocycles. The third kappa shape index (κ3) is 4.09. The van der Waals surface area contributed by atoms with Crippen molar-refractivity contribution < 1.29 is 13.2 Å². The van der Waals surface area contributed by atoms with Gasteiger partial charge in [-0.1, -0.05) is 60.2 Å². The van der Waals surface area contributed by atoms with E-state index in [-0.39, 0.29) is 10.8 Å². The number of hydrogen-bond donors (Lipinski definition) is 3. The Morgan fingerprint density at radius 2 is 1.58 bits per heavy atom. The van der Waals surface area contributed by atoms with Crippen LogP contribution in [0.1, 0.15) is 22.3 Å². The first-order valence-electron chi connectivity index (χ1n) is 11.2. The number of para-hydroxylation sites is 1. The van der Waals surface area contributed by atoms with Crippen molar-refractivity contribution in [2.75, 3.05) is 10.0 Å². The van der Waals surface area contributed by atoms with E-state index in [2.05, 4.69) is 20.0 Å².